The van der Waals surface area contributed by atoms with Crippen molar-refractivity contribution in [3.63, 3.8) is 0 Å². The third-order valence-electron chi connectivity index (χ3n) is 4.12. The van der Waals surface area contributed by atoms with E-state index in [1.54, 1.807) is 28.6 Å². The lowest BCUT2D eigenvalue weighted by molar-refractivity contribution is -0.147. The number of aryl methyl sites for hydroxylation is 1. The number of sulfonamides is 1. The molecule has 138 valence electrons. The van der Waals surface area contributed by atoms with Gasteiger partial charge in [0.2, 0.25) is 10.0 Å². The summed E-state index contributed by atoms with van der Waals surface area (Å²) < 4.78 is 31.6. The maximum atomic E-state index is 12.7. The average Bonchev–Trinajstić information content (AvgIpc) is 2.88. The molecule has 0 spiro atoms. The molecule has 8 heteroatoms. The predicted octanol–water partition coefficient (Wildman–Crippen LogP) is 1.21. The number of primary amides is 1. The summed E-state index contributed by atoms with van der Waals surface area (Å²) in [6, 6.07) is 6.55. The Kier molecular flexibility index (Phi) is 6.95. The molecule has 0 aliphatic carbocycles. The molecule has 1 amide bonds. The largest absolute Gasteiger partial charge is 0.456 e. The molecule has 1 saturated heterocycles. The maximum absolute atomic E-state index is 12.7. The van der Waals surface area contributed by atoms with Gasteiger partial charge in [-0.2, -0.15) is 4.31 Å². The minimum atomic E-state index is -3.46. The van der Waals surface area contributed by atoms with E-state index in [2.05, 4.69) is 4.74 Å². The monoisotopic (exact) mass is 368 g/mol. The van der Waals surface area contributed by atoms with Gasteiger partial charge < -0.3 is 10.5 Å². The number of esters is 1. The van der Waals surface area contributed by atoms with Crippen molar-refractivity contribution in [1.82, 2.24) is 4.31 Å². The van der Waals surface area contributed by atoms with Crippen LogP contribution < -0.4 is 5.73 Å². The number of hydrogen-bond donors (Lipinski definition) is 1. The standard InChI is InChI=1S/C17H24N2O5S/c18-16(20)13-24-17(21)10-7-14-5-8-15(9-6-14)25(22,23)19-11-3-1-2-4-12-19/h5-6,8-9H,1-4,7,10-13H2,(H2,18,20). The predicted molar refractivity (Wildman–Crippen MR) is 92.1 cm³/mol. The Morgan fingerprint density at radius 2 is 1.64 bits per heavy atom. The van der Waals surface area contributed by atoms with Crippen molar-refractivity contribution >= 4 is 21.9 Å². The van der Waals surface area contributed by atoms with E-state index in [4.69, 9.17) is 5.73 Å². The molecule has 1 aliphatic heterocycles. The Labute approximate surface area is 148 Å². The molecule has 0 saturated carbocycles. The highest BCUT2D eigenvalue weighted by Gasteiger charge is 2.24. The van der Waals surface area contributed by atoms with Crippen LogP contribution in [-0.2, 0) is 30.8 Å². The third-order valence-corrected chi connectivity index (χ3v) is 6.03. The number of carbonyl (C=O) groups excluding carboxylic acids is 2. The van der Waals surface area contributed by atoms with Crippen LogP contribution in [0.4, 0.5) is 0 Å². The van der Waals surface area contributed by atoms with Crippen LogP contribution in [0.2, 0.25) is 0 Å². The second-order valence-corrected chi connectivity index (χ2v) is 8.03. The summed E-state index contributed by atoms with van der Waals surface area (Å²) in [6.45, 7) is 0.706. The van der Waals surface area contributed by atoms with Gasteiger partial charge >= 0.3 is 5.97 Å². The van der Waals surface area contributed by atoms with Crippen molar-refractivity contribution in [3.05, 3.63) is 29.8 Å². The smallest absolute Gasteiger partial charge is 0.306 e. The first-order chi connectivity index (χ1) is 11.9. The van der Waals surface area contributed by atoms with Gasteiger partial charge in [-0.15, -0.1) is 0 Å². The second-order valence-electron chi connectivity index (χ2n) is 6.09. The van der Waals surface area contributed by atoms with Crippen molar-refractivity contribution in [2.45, 2.75) is 43.4 Å². The average molecular weight is 368 g/mol. The van der Waals surface area contributed by atoms with Gasteiger partial charge in [0.05, 0.1) is 4.90 Å². The topological polar surface area (TPSA) is 107 Å². The summed E-state index contributed by atoms with van der Waals surface area (Å²) >= 11 is 0. The molecule has 7 nitrogen and oxygen atoms in total. The van der Waals surface area contributed by atoms with E-state index in [1.165, 1.54) is 0 Å². The number of carbonyl (C=O) groups is 2. The first-order valence-electron chi connectivity index (χ1n) is 8.42. The minimum Gasteiger partial charge on any atom is -0.456 e. The minimum absolute atomic E-state index is 0.103. The molecule has 2 N–H and O–H groups in total. The van der Waals surface area contributed by atoms with Crippen LogP contribution in [0.25, 0.3) is 0 Å². The van der Waals surface area contributed by atoms with Crippen LogP contribution in [0.15, 0.2) is 29.2 Å². The van der Waals surface area contributed by atoms with Crippen molar-refractivity contribution in [2.24, 2.45) is 5.73 Å². The van der Waals surface area contributed by atoms with Crippen molar-refractivity contribution < 1.29 is 22.7 Å². The highest BCUT2D eigenvalue weighted by molar-refractivity contribution is 7.89. The quantitative estimate of drug-likeness (QED) is 0.728. The molecule has 0 unspecified atom stereocenters. The lowest BCUT2D eigenvalue weighted by Crippen LogP contribution is -2.31. The van der Waals surface area contributed by atoms with Crippen LogP contribution in [0.5, 0.6) is 0 Å². The molecule has 1 aliphatic rings. The first-order valence-corrected chi connectivity index (χ1v) is 9.86. The summed E-state index contributed by atoms with van der Waals surface area (Å²) in [7, 11) is -3.46. The van der Waals surface area contributed by atoms with E-state index < -0.39 is 28.5 Å². The fraction of sp³-hybridized carbons (Fsp3) is 0.529. The highest BCUT2D eigenvalue weighted by atomic mass is 32.2. The van der Waals surface area contributed by atoms with Crippen LogP contribution in [0.3, 0.4) is 0 Å². The second kappa shape index (κ2) is 8.96. The first kappa shape index (κ1) is 19.4. The summed E-state index contributed by atoms with van der Waals surface area (Å²) in [6.07, 6.45) is 4.43. The Morgan fingerprint density at radius 1 is 1.04 bits per heavy atom. The van der Waals surface area contributed by atoms with Crippen LogP contribution in [0, 0.1) is 0 Å². The third kappa shape index (κ3) is 5.82. The van der Waals surface area contributed by atoms with Crippen molar-refractivity contribution in [1.29, 1.82) is 0 Å². The molecule has 0 bridgehead atoms. The molecular formula is C17H24N2O5S. The van der Waals surface area contributed by atoms with Crippen LogP contribution in [-0.4, -0.2) is 44.3 Å². The summed E-state index contributed by atoms with van der Waals surface area (Å²) in [5.41, 5.74) is 5.72. The zero-order valence-electron chi connectivity index (χ0n) is 14.1. The van der Waals surface area contributed by atoms with Gasteiger partial charge in [0, 0.05) is 19.5 Å². The molecule has 0 aromatic heterocycles. The SMILES string of the molecule is NC(=O)COC(=O)CCc1ccc(S(=O)(=O)N2CCCCCC2)cc1. The van der Waals surface area contributed by atoms with Crippen LogP contribution in [0.1, 0.15) is 37.7 Å². The van der Waals surface area contributed by atoms with Gasteiger partial charge in [-0.1, -0.05) is 25.0 Å². The molecule has 0 atom stereocenters. The van der Waals surface area contributed by atoms with E-state index in [-0.39, 0.29) is 11.3 Å². The molecule has 25 heavy (non-hydrogen) atoms. The molecule has 0 radical (unpaired) electrons. The molecule has 1 fully saturated rings. The summed E-state index contributed by atoms with van der Waals surface area (Å²) in [5.74, 6) is -1.21. The van der Waals surface area contributed by atoms with Gasteiger partial charge in [-0.25, -0.2) is 8.42 Å². The van der Waals surface area contributed by atoms with Gasteiger partial charge in [0.1, 0.15) is 0 Å². The van der Waals surface area contributed by atoms with Crippen molar-refractivity contribution in [3.8, 4) is 0 Å². The van der Waals surface area contributed by atoms with E-state index in [1.807, 2.05) is 0 Å². The number of amides is 1. The zero-order chi connectivity index (χ0) is 18.3. The number of ether oxygens (including phenoxy) is 1. The van der Waals surface area contributed by atoms with E-state index in [0.29, 0.717) is 19.5 Å². The van der Waals surface area contributed by atoms with Gasteiger partial charge in [-0.3, -0.25) is 9.59 Å². The highest BCUT2D eigenvalue weighted by Crippen LogP contribution is 2.21. The molecular weight excluding hydrogens is 344 g/mol. The number of nitrogens with zero attached hydrogens (tertiary/aromatic N) is 1. The number of rotatable bonds is 7. The number of nitrogens with two attached hydrogens (primary N) is 1. The lowest BCUT2D eigenvalue weighted by atomic mass is 10.1. The lowest BCUT2D eigenvalue weighted by Gasteiger charge is -2.20. The van der Waals surface area contributed by atoms with Crippen molar-refractivity contribution in [2.75, 3.05) is 19.7 Å². The van der Waals surface area contributed by atoms with E-state index >= 15 is 0 Å². The molecule has 1 aromatic rings. The van der Waals surface area contributed by atoms with Crippen LogP contribution >= 0.6 is 0 Å². The zero-order valence-corrected chi connectivity index (χ0v) is 15.0. The normalized spacial score (nSPS) is 16.2. The number of hydrogen-bond acceptors (Lipinski definition) is 5. The summed E-state index contributed by atoms with van der Waals surface area (Å²) in [5, 5.41) is 0. The summed E-state index contributed by atoms with van der Waals surface area (Å²) in [4.78, 5) is 22.3. The Morgan fingerprint density at radius 3 is 2.20 bits per heavy atom. The molecule has 1 heterocycles. The van der Waals surface area contributed by atoms with E-state index in [9.17, 15) is 18.0 Å². The Hall–Kier alpha value is -1.93. The van der Waals surface area contributed by atoms with Gasteiger partial charge in [0.25, 0.3) is 5.91 Å². The Bertz CT molecular complexity index is 692. The van der Waals surface area contributed by atoms with Gasteiger partial charge in [0.15, 0.2) is 6.61 Å². The number of benzene rings is 1. The fourth-order valence-electron chi connectivity index (χ4n) is 2.73. The molecule has 2 rings (SSSR count). The molecule has 1 aromatic carbocycles. The Balaban J connectivity index is 1.94. The fourth-order valence-corrected chi connectivity index (χ4v) is 4.25. The van der Waals surface area contributed by atoms with Gasteiger partial charge in [-0.05, 0) is 37.0 Å². The van der Waals surface area contributed by atoms with E-state index in [0.717, 1.165) is 31.2 Å². The maximum Gasteiger partial charge on any atom is 0.306 e.